The number of carboxylic acid groups (broad SMARTS) is 1. The number of rotatable bonds is 8. The highest BCUT2D eigenvalue weighted by Crippen LogP contribution is 2.12. The fraction of sp³-hybridized carbons (Fsp3) is 0.533. The fourth-order valence-electron chi connectivity index (χ4n) is 1.40. The molecule has 0 aromatic heterocycles. The molecule has 0 aliphatic rings. The maximum atomic E-state index is 10.7. The quantitative estimate of drug-likeness (QED) is 0.734. The van der Waals surface area contributed by atoms with Gasteiger partial charge in [-0.2, -0.15) is 0 Å². The molecule has 0 aliphatic heterocycles. The third kappa shape index (κ3) is 5.75. The molecule has 19 heavy (non-hydrogen) atoms. The van der Waals surface area contributed by atoms with Gasteiger partial charge in [0.2, 0.25) is 0 Å². The summed E-state index contributed by atoms with van der Waals surface area (Å²) in [7, 11) is 0. The molecule has 0 bridgehead atoms. The number of hydrogen-bond acceptors (Lipinski definition) is 3. The highest BCUT2D eigenvalue weighted by molar-refractivity contribution is 5.87. The standard InChI is InChI=1S/C15H22O4/c1-11(2)12(3)18-9-4-10-19-14-7-5-13(6-8-14)15(16)17/h5-8,11-12H,4,9-10H2,1-3H3,(H,16,17). The Bertz CT molecular complexity index is 384. The molecule has 0 fully saturated rings. The Kier molecular flexibility index (Phi) is 6.36. The first-order valence-corrected chi connectivity index (χ1v) is 6.58. The first-order chi connectivity index (χ1) is 9.00. The van der Waals surface area contributed by atoms with Crippen molar-refractivity contribution in [3.05, 3.63) is 29.8 Å². The van der Waals surface area contributed by atoms with E-state index in [9.17, 15) is 4.79 Å². The van der Waals surface area contributed by atoms with Crippen LogP contribution in [-0.2, 0) is 4.74 Å². The SMILES string of the molecule is CC(C)C(C)OCCCOc1ccc(C(=O)O)cc1. The monoisotopic (exact) mass is 266 g/mol. The molecule has 1 rings (SSSR count). The van der Waals surface area contributed by atoms with Crippen LogP contribution in [0.4, 0.5) is 0 Å². The van der Waals surface area contributed by atoms with Gasteiger partial charge >= 0.3 is 5.97 Å². The molecule has 0 heterocycles. The molecule has 0 radical (unpaired) electrons. The smallest absolute Gasteiger partial charge is 0.335 e. The van der Waals surface area contributed by atoms with Crippen molar-refractivity contribution in [1.29, 1.82) is 0 Å². The van der Waals surface area contributed by atoms with Crippen LogP contribution in [0, 0.1) is 5.92 Å². The predicted molar refractivity (Wildman–Crippen MR) is 73.8 cm³/mol. The highest BCUT2D eigenvalue weighted by Gasteiger charge is 2.06. The average Bonchev–Trinajstić information content (AvgIpc) is 2.38. The molecule has 4 nitrogen and oxygen atoms in total. The lowest BCUT2D eigenvalue weighted by molar-refractivity contribution is 0.0291. The van der Waals surface area contributed by atoms with Crippen LogP contribution in [0.5, 0.6) is 5.75 Å². The van der Waals surface area contributed by atoms with Crippen LogP contribution in [0.15, 0.2) is 24.3 Å². The van der Waals surface area contributed by atoms with E-state index in [4.69, 9.17) is 14.6 Å². The molecule has 1 N–H and O–H groups in total. The van der Waals surface area contributed by atoms with Crippen molar-refractivity contribution in [3.63, 3.8) is 0 Å². The van der Waals surface area contributed by atoms with Gasteiger partial charge in [0.05, 0.1) is 24.9 Å². The van der Waals surface area contributed by atoms with Gasteiger partial charge in [0.15, 0.2) is 0 Å². The molecule has 0 saturated heterocycles. The number of benzene rings is 1. The van der Waals surface area contributed by atoms with Gasteiger partial charge in [0, 0.05) is 6.42 Å². The van der Waals surface area contributed by atoms with Gasteiger partial charge in [0.25, 0.3) is 0 Å². The minimum atomic E-state index is -0.928. The summed E-state index contributed by atoms with van der Waals surface area (Å²) in [5, 5.41) is 8.76. The average molecular weight is 266 g/mol. The van der Waals surface area contributed by atoms with E-state index in [0.29, 0.717) is 24.9 Å². The van der Waals surface area contributed by atoms with Crippen molar-refractivity contribution in [1.82, 2.24) is 0 Å². The summed E-state index contributed by atoms with van der Waals surface area (Å²) in [4.78, 5) is 10.7. The second kappa shape index (κ2) is 7.79. The van der Waals surface area contributed by atoms with Crippen molar-refractivity contribution in [2.24, 2.45) is 5.92 Å². The van der Waals surface area contributed by atoms with E-state index in [-0.39, 0.29) is 11.7 Å². The van der Waals surface area contributed by atoms with E-state index in [2.05, 4.69) is 20.8 Å². The van der Waals surface area contributed by atoms with Crippen molar-refractivity contribution >= 4 is 5.97 Å². The molecule has 0 aliphatic carbocycles. The van der Waals surface area contributed by atoms with E-state index in [1.165, 1.54) is 12.1 Å². The molecule has 0 saturated carbocycles. The number of hydrogen-bond donors (Lipinski definition) is 1. The van der Waals surface area contributed by atoms with Crippen LogP contribution in [0.3, 0.4) is 0 Å². The molecule has 106 valence electrons. The highest BCUT2D eigenvalue weighted by atomic mass is 16.5. The topological polar surface area (TPSA) is 55.8 Å². The molecular formula is C15H22O4. The third-order valence-electron chi connectivity index (χ3n) is 2.98. The van der Waals surface area contributed by atoms with E-state index < -0.39 is 5.97 Å². The van der Waals surface area contributed by atoms with Crippen molar-refractivity contribution < 1.29 is 19.4 Å². The molecule has 1 unspecified atom stereocenters. The van der Waals surface area contributed by atoms with Crippen LogP contribution in [0.1, 0.15) is 37.6 Å². The van der Waals surface area contributed by atoms with Crippen LogP contribution in [0.25, 0.3) is 0 Å². The summed E-state index contributed by atoms with van der Waals surface area (Å²) >= 11 is 0. The summed E-state index contributed by atoms with van der Waals surface area (Å²) in [5.74, 6) is 0.272. The van der Waals surface area contributed by atoms with Crippen LogP contribution in [0.2, 0.25) is 0 Å². The number of aromatic carboxylic acids is 1. The Morgan fingerprint density at radius 1 is 1.16 bits per heavy atom. The Labute approximate surface area is 114 Å². The zero-order valence-electron chi connectivity index (χ0n) is 11.8. The first kappa shape index (κ1) is 15.5. The largest absolute Gasteiger partial charge is 0.494 e. The molecule has 1 aromatic rings. The summed E-state index contributed by atoms with van der Waals surface area (Å²) < 4.78 is 11.1. The molecular weight excluding hydrogens is 244 g/mol. The van der Waals surface area contributed by atoms with Gasteiger partial charge in [-0.05, 0) is 37.1 Å². The van der Waals surface area contributed by atoms with Gasteiger partial charge < -0.3 is 14.6 Å². The third-order valence-corrected chi connectivity index (χ3v) is 2.98. The van der Waals surface area contributed by atoms with Gasteiger partial charge in [-0.25, -0.2) is 4.79 Å². The molecule has 0 spiro atoms. The molecule has 1 atom stereocenters. The molecule has 0 amide bonds. The van der Waals surface area contributed by atoms with Gasteiger partial charge in [-0.15, -0.1) is 0 Å². The van der Waals surface area contributed by atoms with Gasteiger partial charge in [0.1, 0.15) is 5.75 Å². The number of ether oxygens (including phenoxy) is 2. The maximum Gasteiger partial charge on any atom is 0.335 e. The summed E-state index contributed by atoms with van der Waals surface area (Å²) in [6, 6.07) is 6.41. The van der Waals surface area contributed by atoms with Gasteiger partial charge in [-0.3, -0.25) is 0 Å². The van der Waals surface area contributed by atoms with Crippen molar-refractivity contribution in [2.45, 2.75) is 33.3 Å². The van der Waals surface area contributed by atoms with E-state index in [1.54, 1.807) is 12.1 Å². The van der Waals surface area contributed by atoms with Crippen molar-refractivity contribution in [2.75, 3.05) is 13.2 Å². The summed E-state index contributed by atoms with van der Waals surface area (Å²) in [5.41, 5.74) is 0.265. The van der Waals surface area contributed by atoms with Crippen LogP contribution < -0.4 is 4.74 Å². The normalized spacial score (nSPS) is 12.4. The molecule has 4 heteroatoms. The Morgan fingerprint density at radius 3 is 2.32 bits per heavy atom. The minimum absolute atomic E-state index is 0.259. The Morgan fingerprint density at radius 2 is 1.79 bits per heavy atom. The number of carbonyl (C=O) groups is 1. The van der Waals surface area contributed by atoms with E-state index >= 15 is 0 Å². The van der Waals surface area contributed by atoms with E-state index in [0.717, 1.165) is 6.42 Å². The Balaban J connectivity index is 2.21. The lowest BCUT2D eigenvalue weighted by Crippen LogP contribution is -2.17. The lowest BCUT2D eigenvalue weighted by atomic mass is 10.1. The number of carboxylic acids is 1. The van der Waals surface area contributed by atoms with Crippen molar-refractivity contribution in [3.8, 4) is 5.75 Å². The van der Waals surface area contributed by atoms with Gasteiger partial charge in [-0.1, -0.05) is 13.8 Å². The predicted octanol–water partition coefficient (Wildman–Crippen LogP) is 3.21. The first-order valence-electron chi connectivity index (χ1n) is 6.58. The fourth-order valence-corrected chi connectivity index (χ4v) is 1.40. The maximum absolute atomic E-state index is 10.7. The van der Waals surface area contributed by atoms with Crippen LogP contribution in [-0.4, -0.2) is 30.4 Å². The van der Waals surface area contributed by atoms with Crippen LogP contribution >= 0.6 is 0 Å². The van der Waals surface area contributed by atoms with E-state index in [1.807, 2.05) is 0 Å². The lowest BCUT2D eigenvalue weighted by Gasteiger charge is -2.16. The summed E-state index contributed by atoms with van der Waals surface area (Å²) in [6.45, 7) is 7.57. The zero-order valence-corrected chi connectivity index (χ0v) is 11.8. The Hall–Kier alpha value is -1.55. The molecule has 1 aromatic carbocycles. The minimum Gasteiger partial charge on any atom is -0.494 e. The second-order valence-corrected chi connectivity index (χ2v) is 4.85. The zero-order chi connectivity index (χ0) is 14.3. The second-order valence-electron chi connectivity index (χ2n) is 4.85. The summed E-state index contributed by atoms with van der Waals surface area (Å²) in [6.07, 6.45) is 1.08.